The molecule has 0 saturated carbocycles. The van der Waals surface area contributed by atoms with E-state index in [0.29, 0.717) is 5.56 Å². The van der Waals surface area contributed by atoms with Crippen molar-refractivity contribution < 1.29 is 38.2 Å². The monoisotopic (exact) mass is 703 g/mol. The summed E-state index contributed by atoms with van der Waals surface area (Å²) in [5.74, 6) is -0.278. The van der Waals surface area contributed by atoms with E-state index in [2.05, 4.69) is 22.1 Å². The minimum Gasteiger partial charge on any atom is -0.305 e. The van der Waals surface area contributed by atoms with Crippen molar-refractivity contribution in [1.82, 2.24) is 9.97 Å². The second kappa shape index (κ2) is 13.6. The first kappa shape index (κ1) is 18.8. The molecule has 201 valence electrons. The second-order valence-corrected chi connectivity index (χ2v) is 9.48. The van der Waals surface area contributed by atoms with Crippen LogP contribution in [0.2, 0.25) is 0 Å². The molecule has 1 radical (unpaired) electrons. The van der Waals surface area contributed by atoms with E-state index in [1.807, 2.05) is 18.2 Å². The Labute approximate surface area is 259 Å². The maximum absolute atomic E-state index is 12.6. The molecule has 0 atom stereocenters. The molecule has 0 N–H and O–H groups in total. The zero-order chi connectivity index (χ0) is 35.7. The van der Waals surface area contributed by atoms with Crippen molar-refractivity contribution in [2.75, 3.05) is 0 Å². The number of benzene rings is 3. The van der Waals surface area contributed by atoms with Gasteiger partial charge in [-0.25, -0.2) is 0 Å². The van der Waals surface area contributed by atoms with Crippen LogP contribution in [0.1, 0.15) is 51.2 Å². The molecule has 2 heterocycles. The van der Waals surface area contributed by atoms with Gasteiger partial charge in [-0.15, -0.1) is 65.7 Å². The van der Waals surface area contributed by atoms with Crippen molar-refractivity contribution in [3.05, 3.63) is 132 Å². The van der Waals surface area contributed by atoms with Crippen molar-refractivity contribution in [1.29, 1.82) is 0 Å². The van der Waals surface area contributed by atoms with Crippen LogP contribution in [0.3, 0.4) is 0 Å². The summed E-state index contributed by atoms with van der Waals surface area (Å²) in [6.45, 7) is -0.552. The van der Waals surface area contributed by atoms with Crippen LogP contribution >= 0.6 is 0 Å². The Balaban J connectivity index is 0.000000387. The van der Waals surface area contributed by atoms with Crippen LogP contribution in [-0.2, 0) is 26.5 Å². The van der Waals surface area contributed by atoms with E-state index in [-0.39, 0.29) is 71.5 Å². The van der Waals surface area contributed by atoms with Gasteiger partial charge in [-0.3, -0.25) is 4.39 Å². The van der Waals surface area contributed by atoms with Gasteiger partial charge in [-0.1, -0.05) is 57.1 Å². The first-order valence-corrected chi connectivity index (χ1v) is 12.0. The van der Waals surface area contributed by atoms with Crippen LogP contribution < -0.4 is 0 Å². The van der Waals surface area contributed by atoms with Crippen LogP contribution in [0.25, 0.3) is 33.6 Å². The zero-order valence-corrected chi connectivity index (χ0v) is 24.1. The van der Waals surface area contributed by atoms with E-state index in [0.717, 1.165) is 17.5 Å². The molecule has 0 fully saturated rings. The van der Waals surface area contributed by atoms with E-state index in [4.69, 9.17) is 13.7 Å². The van der Waals surface area contributed by atoms with Crippen LogP contribution in [-0.4, -0.2) is 9.97 Å². The largest absolute Gasteiger partial charge is 0.305 e. The third kappa shape index (κ3) is 8.51. The minimum atomic E-state index is -2.81. The molecule has 0 aliphatic heterocycles. The molecule has 0 aliphatic rings. The van der Waals surface area contributed by atoms with Crippen molar-refractivity contribution in [3.8, 4) is 33.6 Å². The number of aromatic nitrogens is 2. The smallest absolute Gasteiger partial charge is 0.0629 e. The van der Waals surface area contributed by atoms with Gasteiger partial charge in [0.1, 0.15) is 0 Å². The van der Waals surface area contributed by atoms with Gasteiger partial charge in [0.2, 0.25) is 0 Å². The van der Waals surface area contributed by atoms with Gasteiger partial charge in [0.15, 0.2) is 0 Å². The topological polar surface area (TPSA) is 25.8 Å². The van der Waals surface area contributed by atoms with Gasteiger partial charge in [0.25, 0.3) is 0 Å². The Morgan fingerprint density at radius 3 is 2.33 bits per heavy atom. The fourth-order valence-electron chi connectivity index (χ4n) is 3.58. The molecule has 0 bridgehead atoms. The molecule has 3 aromatic carbocycles. The van der Waals surface area contributed by atoms with Crippen molar-refractivity contribution >= 4 is 0 Å². The standard InChI is InChI=1S/C24H26N.C11H7FN.Ir/c1-17-13-19(15-24(3,4)5)11-12-21(17)22-14-23(25-16-18(22)2)20-9-7-6-8-10-20;12-10-6-4-9(5-7-10)11-3-1-2-8-13-11;/h6-9,11-14,16H,15H2,1-5H3;1-4,6-8H;/q2*-1;/i1D3,2D3,12D,14D,15D2;;. The normalized spacial score (nSPS) is 15.5. The van der Waals surface area contributed by atoms with Gasteiger partial charge in [0, 0.05) is 49.3 Å². The van der Waals surface area contributed by atoms with E-state index in [1.165, 1.54) is 24.3 Å². The van der Waals surface area contributed by atoms with E-state index < -0.39 is 25.5 Å². The molecule has 5 rings (SSSR count). The van der Waals surface area contributed by atoms with Crippen molar-refractivity contribution in [2.24, 2.45) is 5.41 Å². The number of halogens is 1. The number of hydrogen-bond donors (Lipinski definition) is 0. The first-order valence-electron chi connectivity index (χ1n) is 17.0. The fourth-order valence-corrected chi connectivity index (χ4v) is 3.58. The SMILES string of the molecule is Fc1c[c-]c(-c2ccccn2)cc1.[2H]c1cc(C([2H])([2H])C(C)(C)C)cc(C([2H])([2H])[2H])c1-c1c(C([2H])([2H])[2H])cnc(-c2[c-]cccc2)c1[2H].[Ir]. The molecule has 0 unspecified atom stereocenters. The van der Waals surface area contributed by atoms with Gasteiger partial charge in [-0.05, 0) is 70.8 Å². The molecule has 2 nitrogen and oxygen atoms in total. The second-order valence-electron chi connectivity index (χ2n) is 9.48. The third-order valence-electron chi connectivity index (χ3n) is 5.23. The number of hydrogen-bond acceptors (Lipinski definition) is 2. The molecule has 0 amide bonds. The summed E-state index contributed by atoms with van der Waals surface area (Å²) >= 11 is 0. The van der Waals surface area contributed by atoms with Crippen molar-refractivity contribution in [2.45, 2.75) is 40.8 Å². The van der Waals surface area contributed by atoms with Gasteiger partial charge >= 0.3 is 0 Å². The summed E-state index contributed by atoms with van der Waals surface area (Å²) in [5.41, 5.74) is -0.00159. The Morgan fingerprint density at radius 2 is 1.69 bits per heavy atom. The molecule has 0 saturated heterocycles. The third-order valence-corrected chi connectivity index (χ3v) is 5.23. The predicted molar refractivity (Wildman–Crippen MR) is 155 cm³/mol. The van der Waals surface area contributed by atoms with E-state index in [1.54, 1.807) is 57.3 Å². The first-order chi connectivity index (χ1) is 22.2. The quantitative estimate of drug-likeness (QED) is 0.175. The Hall–Kier alpha value is -3.46. The Morgan fingerprint density at radius 1 is 0.897 bits per heavy atom. The maximum Gasteiger partial charge on any atom is 0.0629 e. The average Bonchev–Trinajstić information content (AvgIpc) is 3.01. The molecule has 0 spiro atoms. The number of nitrogens with zero attached hydrogens (tertiary/aromatic N) is 2. The van der Waals surface area contributed by atoms with Gasteiger partial charge in [-0.2, -0.15) is 0 Å². The molecular formula is C35H33FIrN2-2. The number of rotatable bonds is 4. The summed E-state index contributed by atoms with van der Waals surface area (Å²) in [5, 5.41) is 0. The summed E-state index contributed by atoms with van der Waals surface area (Å²) in [7, 11) is 0. The minimum absolute atomic E-state index is 0. The molecular weight excluding hydrogens is 660 g/mol. The zero-order valence-electron chi connectivity index (χ0n) is 31.7. The Kier molecular flexibility index (Phi) is 6.52. The van der Waals surface area contributed by atoms with Gasteiger partial charge in [0.05, 0.1) is 2.74 Å². The summed E-state index contributed by atoms with van der Waals surface area (Å²) in [6.07, 6.45) is 0.800. The number of pyridine rings is 2. The molecule has 0 aliphatic carbocycles. The van der Waals surface area contributed by atoms with E-state index >= 15 is 0 Å². The molecule has 5 aromatic rings. The van der Waals surface area contributed by atoms with E-state index in [9.17, 15) is 4.39 Å². The average molecular weight is 703 g/mol. The summed E-state index contributed by atoms with van der Waals surface area (Å²) in [4.78, 5) is 8.30. The summed E-state index contributed by atoms with van der Waals surface area (Å²) in [6, 6.07) is 24.1. The summed E-state index contributed by atoms with van der Waals surface area (Å²) < 4.78 is 95.7. The van der Waals surface area contributed by atoms with Crippen LogP contribution in [0.4, 0.5) is 4.39 Å². The molecule has 39 heavy (non-hydrogen) atoms. The molecule has 4 heteroatoms. The Bertz CT molecular complexity index is 1870. The fraction of sp³-hybridized carbons (Fsp3) is 0.200. The predicted octanol–water partition coefficient (Wildman–Crippen LogP) is 9.11. The van der Waals surface area contributed by atoms with Gasteiger partial charge < -0.3 is 9.97 Å². The maximum atomic E-state index is 12.6. The van der Waals surface area contributed by atoms with Crippen LogP contribution in [0, 0.1) is 37.1 Å². The van der Waals surface area contributed by atoms with Crippen LogP contribution in [0.5, 0.6) is 0 Å². The van der Waals surface area contributed by atoms with Crippen LogP contribution in [0.15, 0.2) is 97.3 Å². The van der Waals surface area contributed by atoms with Crippen molar-refractivity contribution in [3.63, 3.8) is 0 Å². The molecule has 2 aromatic heterocycles. The number of aryl methyl sites for hydroxylation is 2.